The van der Waals surface area contributed by atoms with E-state index < -0.39 is 18.9 Å². The summed E-state index contributed by atoms with van der Waals surface area (Å²) in [6.45, 7) is 7.56. The summed E-state index contributed by atoms with van der Waals surface area (Å²) in [5.74, 6) is -0.478. The molecule has 3 aromatic heterocycles. The van der Waals surface area contributed by atoms with Crippen molar-refractivity contribution >= 4 is 28.3 Å². The fourth-order valence-electron chi connectivity index (χ4n) is 3.41. The lowest BCUT2D eigenvalue weighted by molar-refractivity contribution is 0.0479. The van der Waals surface area contributed by atoms with E-state index in [2.05, 4.69) is 5.10 Å². The Morgan fingerprint density at radius 1 is 1.30 bits per heavy atom. The highest BCUT2D eigenvalue weighted by Crippen LogP contribution is 2.33. The summed E-state index contributed by atoms with van der Waals surface area (Å²) >= 11 is 1.65. The number of carbonyl (C=O) groups is 1. The molecule has 0 N–H and O–H groups in total. The molecule has 0 aliphatic heterocycles. The van der Waals surface area contributed by atoms with Gasteiger partial charge in [-0.05, 0) is 39.8 Å². The van der Waals surface area contributed by atoms with Gasteiger partial charge in [0.05, 0.1) is 36.0 Å². The van der Waals surface area contributed by atoms with Crippen LogP contribution in [0.15, 0.2) is 18.3 Å². The summed E-state index contributed by atoms with van der Waals surface area (Å²) in [4.78, 5) is 21.5. The van der Waals surface area contributed by atoms with Crippen LogP contribution in [0.2, 0.25) is 0 Å². The molecule has 3 heterocycles. The average molecular weight is 437 g/mol. The first-order valence-corrected chi connectivity index (χ1v) is 10.6. The summed E-state index contributed by atoms with van der Waals surface area (Å²) in [5, 5.41) is 4.95. The SMILES string of the molecule is COCCN(CC(F)F)C(=O)c1cc(-c2cc(C)sc2C)nc2c1cnn2C(C)C. The number of rotatable bonds is 8. The van der Waals surface area contributed by atoms with Crippen LogP contribution in [0.3, 0.4) is 0 Å². The van der Waals surface area contributed by atoms with E-state index in [0.29, 0.717) is 22.3 Å². The molecule has 0 aliphatic rings. The third-order valence-corrected chi connectivity index (χ3v) is 5.78. The van der Waals surface area contributed by atoms with Gasteiger partial charge in [0.15, 0.2) is 5.65 Å². The van der Waals surface area contributed by atoms with Crippen molar-refractivity contribution in [3.05, 3.63) is 33.6 Å². The second-order valence-corrected chi connectivity index (χ2v) is 8.90. The molecule has 0 aliphatic carbocycles. The van der Waals surface area contributed by atoms with Crippen molar-refractivity contribution in [1.29, 1.82) is 0 Å². The lowest BCUT2D eigenvalue weighted by atomic mass is 10.1. The van der Waals surface area contributed by atoms with E-state index in [0.717, 1.165) is 20.2 Å². The van der Waals surface area contributed by atoms with E-state index in [1.165, 1.54) is 7.11 Å². The highest BCUT2D eigenvalue weighted by atomic mass is 32.1. The maximum absolute atomic E-state index is 13.3. The minimum atomic E-state index is -2.64. The Kier molecular flexibility index (Phi) is 6.82. The maximum atomic E-state index is 13.3. The number of pyridine rings is 1. The van der Waals surface area contributed by atoms with Crippen LogP contribution >= 0.6 is 11.3 Å². The van der Waals surface area contributed by atoms with E-state index in [4.69, 9.17) is 9.72 Å². The van der Waals surface area contributed by atoms with Gasteiger partial charge >= 0.3 is 0 Å². The largest absolute Gasteiger partial charge is 0.383 e. The molecule has 1 amide bonds. The van der Waals surface area contributed by atoms with Gasteiger partial charge in [-0.3, -0.25) is 4.79 Å². The number of nitrogens with zero attached hydrogens (tertiary/aromatic N) is 4. The van der Waals surface area contributed by atoms with Gasteiger partial charge in [0.2, 0.25) is 0 Å². The van der Waals surface area contributed by atoms with Crippen LogP contribution < -0.4 is 0 Å². The van der Waals surface area contributed by atoms with Crippen LogP contribution in [0.25, 0.3) is 22.3 Å². The summed E-state index contributed by atoms with van der Waals surface area (Å²) < 4.78 is 33.1. The third-order valence-electron chi connectivity index (χ3n) is 4.81. The number of fused-ring (bicyclic) bond motifs is 1. The summed E-state index contributed by atoms with van der Waals surface area (Å²) in [7, 11) is 1.47. The number of ether oxygens (including phenoxy) is 1. The number of hydrogen-bond acceptors (Lipinski definition) is 5. The van der Waals surface area contributed by atoms with Crippen LogP contribution in [0, 0.1) is 13.8 Å². The summed E-state index contributed by atoms with van der Waals surface area (Å²) in [5.41, 5.74) is 2.46. The fourth-order valence-corrected chi connectivity index (χ4v) is 4.34. The predicted molar refractivity (Wildman–Crippen MR) is 114 cm³/mol. The smallest absolute Gasteiger partial charge is 0.255 e. The predicted octanol–water partition coefficient (Wildman–Crippen LogP) is 4.71. The third kappa shape index (κ3) is 4.52. The molecule has 0 fully saturated rings. The number of aromatic nitrogens is 3. The zero-order valence-corrected chi connectivity index (χ0v) is 18.6. The second kappa shape index (κ2) is 9.18. The molecule has 30 heavy (non-hydrogen) atoms. The lowest BCUT2D eigenvalue weighted by Gasteiger charge is -2.22. The number of thiophene rings is 1. The van der Waals surface area contributed by atoms with E-state index in [1.54, 1.807) is 28.3 Å². The van der Waals surface area contributed by atoms with Gasteiger partial charge < -0.3 is 9.64 Å². The van der Waals surface area contributed by atoms with Gasteiger partial charge in [0, 0.05) is 35.0 Å². The molecule has 0 saturated carbocycles. The van der Waals surface area contributed by atoms with Crippen molar-refractivity contribution in [3.63, 3.8) is 0 Å². The minimum absolute atomic E-state index is 0.0316. The van der Waals surface area contributed by atoms with Crippen molar-refractivity contribution in [2.45, 2.75) is 40.2 Å². The molecule has 6 nitrogen and oxygen atoms in total. The first-order valence-electron chi connectivity index (χ1n) is 9.75. The second-order valence-electron chi connectivity index (χ2n) is 7.44. The van der Waals surface area contributed by atoms with Crippen LogP contribution in [-0.4, -0.2) is 58.8 Å². The van der Waals surface area contributed by atoms with E-state index >= 15 is 0 Å². The number of carbonyl (C=O) groups excluding carboxylic acids is 1. The summed E-state index contributed by atoms with van der Waals surface area (Å²) in [6, 6.07) is 3.75. The number of hydrogen-bond donors (Lipinski definition) is 0. The normalized spacial score (nSPS) is 11.8. The Morgan fingerprint density at radius 3 is 2.60 bits per heavy atom. The van der Waals surface area contributed by atoms with Crippen LogP contribution in [0.5, 0.6) is 0 Å². The van der Waals surface area contributed by atoms with Gasteiger partial charge in [-0.25, -0.2) is 18.4 Å². The standard InChI is InChI=1S/C21H26F2N4O2S/c1-12(2)27-20-17(10-24-27)16(21(28)26(6-7-29-5)11-19(22)23)9-18(25-20)15-8-13(3)30-14(15)4/h8-10,12,19H,6-7,11H2,1-5H3. The Labute approximate surface area is 178 Å². The minimum Gasteiger partial charge on any atom is -0.383 e. The van der Waals surface area contributed by atoms with Gasteiger partial charge in [0.25, 0.3) is 12.3 Å². The molecule has 9 heteroatoms. The molecule has 0 atom stereocenters. The highest BCUT2D eigenvalue weighted by Gasteiger charge is 2.25. The van der Waals surface area contributed by atoms with Crippen molar-refractivity contribution in [2.24, 2.45) is 0 Å². The Morgan fingerprint density at radius 2 is 2.03 bits per heavy atom. The number of aryl methyl sites for hydroxylation is 2. The number of methoxy groups -OCH3 is 1. The zero-order chi connectivity index (χ0) is 22.0. The molecular weight excluding hydrogens is 410 g/mol. The zero-order valence-electron chi connectivity index (χ0n) is 17.8. The van der Waals surface area contributed by atoms with Gasteiger partial charge in [-0.15, -0.1) is 11.3 Å². The van der Waals surface area contributed by atoms with Crippen LogP contribution in [0.4, 0.5) is 8.78 Å². The molecule has 0 unspecified atom stereocenters. The number of amides is 1. The molecule has 162 valence electrons. The number of alkyl halides is 2. The molecule has 3 aromatic rings. The monoisotopic (exact) mass is 436 g/mol. The molecule has 0 spiro atoms. The Balaban J connectivity index is 2.18. The van der Waals surface area contributed by atoms with E-state index in [9.17, 15) is 13.6 Å². The van der Waals surface area contributed by atoms with Gasteiger partial charge in [-0.2, -0.15) is 5.10 Å². The molecule has 0 saturated heterocycles. The summed E-state index contributed by atoms with van der Waals surface area (Å²) in [6.07, 6.45) is -1.05. The molecule has 0 bridgehead atoms. The van der Waals surface area contributed by atoms with Gasteiger partial charge in [0.1, 0.15) is 0 Å². The average Bonchev–Trinajstić information content (AvgIpc) is 3.26. The fraction of sp³-hybridized carbons (Fsp3) is 0.476. The van der Waals surface area contributed by atoms with Crippen molar-refractivity contribution in [2.75, 3.05) is 26.8 Å². The topological polar surface area (TPSA) is 60.2 Å². The Hall–Kier alpha value is -2.39. The van der Waals surface area contributed by atoms with Gasteiger partial charge in [-0.1, -0.05) is 0 Å². The molecule has 0 radical (unpaired) electrons. The van der Waals surface area contributed by atoms with Crippen LogP contribution in [-0.2, 0) is 4.74 Å². The number of halogens is 2. The quantitative estimate of drug-likeness (QED) is 0.513. The molecular formula is C21H26F2N4O2S. The first-order chi connectivity index (χ1) is 14.2. The molecule has 3 rings (SSSR count). The van der Waals surface area contributed by atoms with Crippen molar-refractivity contribution in [3.8, 4) is 11.3 Å². The highest BCUT2D eigenvalue weighted by molar-refractivity contribution is 7.12. The van der Waals surface area contributed by atoms with E-state index in [1.807, 2.05) is 33.8 Å². The van der Waals surface area contributed by atoms with E-state index in [-0.39, 0.29) is 19.2 Å². The maximum Gasteiger partial charge on any atom is 0.255 e. The molecule has 0 aromatic carbocycles. The van der Waals surface area contributed by atoms with Crippen molar-refractivity contribution < 1.29 is 18.3 Å². The Bertz CT molecular complexity index is 1050. The van der Waals surface area contributed by atoms with Crippen LogP contribution in [0.1, 0.15) is 40.0 Å². The van der Waals surface area contributed by atoms with Crippen molar-refractivity contribution in [1.82, 2.24) is 19.7 Å². The first kappa shape index (κ1) is 22.3. The lowest BCUT2D eigenvalue weighted by Crippen LogP contribution is -2.37.